The van der Waals surface area contributed by atoms with E-state index in [-0.39, 0.29) is 17.0 Å². The summed E-state index contributed by atoms with van der Waals surface area (Å²) in [6.45, 7) is 2.48. The Morgan fingerprint density at radius 1 is 1.04 bits per heavy atom. The number of carbonyl (C=O) groups is 1. The van der Waals surface area contributed by atoms with Crippen LogP contribution in [-0.4, -0.2) is 11.6 Å². The lowest BCUT2D eigenvalue weighted by molar-refractivity contribution is -0.166. The summed E-state index contributed by atoms with van der Waals surface area (Å²) in [5.41, 5.74) is 1.97. The van der Waals surface area contributed by atoms with E-state index in [9.17, 15) is 4.79 Å². The molecule has 1 spiro atoms. The fourth-order valence-corrected chi connectivity index (χ4v) is 7.60. The molecule has 0 amide bonds. The summed E-state index contributed by atoms with van der Waals surface area (Å²) < 4.78 is 6.02. The van der Waals surface area contributed by atoms with Crippen LogP contribution in [0.15, 0.2) is 11.6 Å². The molecular formula is C21H30O2. The van der Waals surface area contributed by atoms with Gasteiger partial charge in [-0.25, -0.2) is 0 Å². The van der Waals surface area contributed by atoms with Crippen molar-refractivity contribution in [2.24, 2.45) is 29.1 Å². The molecule has 3 saturated carbocycles. The topological polar surface area (TPSA) is 26.3 Å². The lowest BCUT2D eigenvalue weighted by Gasteiger charge is -2.55. The summed E-state index contributed by atoms with van der Waals surface area (Å²) in [4.78, 5) is 11.9. The van der Waals surface area contributed by atoms with Crippen LogP contribution in [0.5, 0.6) is 0 Å². The average Bonchev–Trinajstić information content (AvgIpc) is 3.09. The number of fused-ring (bicyclic) bond motifs is 6. The van der Waals surface area contributed by atoms with E-state index in [2.05, 4.69) is 13.0 Å². The minimum absolute atomic E-state index is 0.0649. The normalized spacial score (nSPS) is 51.7. The first-order valence-electron chi connectivity index (χ1n) is 10.0. The van der Waals surface area contributed by atoms with Gasteiger partial charge < -0.3 is 4.74 Å². The summed E-state index contributed by atoms with van der Waals surface area (Å²) in [7, 11) is 0. The standard InChI is InChI=1S/C21H30O2/c1-20-11-8-16-15-5-3-2-4-14(15)6-7-17(16)18(20)9-12-21(20)13-10-19(22)23-21/h4,15-18H,2-3,5-13H2,1H3. The van der Waals surface area contributed by atoms with Crippen molar-refractivity contribution >= 4 is 5.97 Å². The Bertz CT molecular complexity index is 564. The largest absolute Gasteiger partial charge is 0.458 e. The molecule has 1 aliphatic heterocycles. The van der Waals surface area contributed by atoms with Crippen molar-refractivity contribution in [3.05, 3.63) is 11.6 Å². The van der Waals surface area contributed by atoms with E-state index in [1.54, 1.807) is 5.57 Å². The highest BCUT2D eigenvalue weighted by Crippen LogP contribution is 2.67. The van der Waals surface area contributed by atoms with E-state index in [0.29, 0.717) is 6.42 Å². The van der Waals surface area contributed by atoms with E-state index in [1.807, 2.05) is 0 Å². The summed E-state index contributed by atoms with van der Waals surface area (Å²) in [5.74, 6) is 3.59. The molecule has 0 N–H and O–H groups in total. The first kappa shape index (κ1) is 14.5. The van der Waals surface area contributed by atoms with Crippen LogP contribution in [0.1, 0.15) is 77.6 Å². The maximum atomic E-state index is 11.9. The third-order valence-corrected chi connectivity index (χ3v) is 8.71. The van der Waals surface area contributed by atoms with Crippen molar-refractivity contribution in [1.82, 2.24) is 0 Å². The van der Waals surface area contributed by atoms with Gasteiger partial charge in [0.2, 0.25) is 0 Å². The first-order chi connectivity index (χ1) is 11.1. The Hall–Kier alpha value is -0.790. The molecule has 4 aliphatic carbocycles. The Morgan fingerprint density at radius 2 is 1.96 bits per heavy atom. The summed E-state index contributed by atoms with van der Waals surface area (Å²) in [6.07, 6.45) is 16.2. The number of hydrogen-bond donors (Lipinski definition) is 0. The molecule has 2 heteroatoms. The van der Waals surface area contributed by atoms with Gasteiger partial charge in [-0.3, -0.25) is 4.79 Å². The van der Waals surface area contributed by atoms with Gasteiger partial charge >= 0.3 is 5.97 Å². The zero-order valence-electron chi connectivity index (χ0n) is 14.5. The SMILES string of the molecule is CC12CCC3C4CCCC=C4CCC3C1CCC21CCC(=O)O1. The molecule has 5 aliphatic rings. The molecule has 126 valence electrons. The molecule has 4 fully saturated rings. The molecule has 0 bridgehead atoms. The van der Waals surface area contributed by atoms with E-state index in [1.165, 1.54) is 51.4 Å². The Balaban J connectivity index is 1.46. The van der Waals surface area contributed by atoms with Gasteiger partial charge in [0.15, 0.2) is 0 Å². The Morgan fingerprint density at radius 3 is 2.78 bits per heavy atom. The van der Waals surface area contributed by atoms with Gasteiger partial charge in [-0.1, -0.05) is 18.6 Å². The third kappa shape index (κ3) is 1.84. The van der Waals surface area contributed by atoms with Gasteiger partial charge in [0.25, 0.3) is 0 Å². The number of hydrogen-bond acceptors (Lipinski definition) is 2. The third-order valence-electron chi connectivity index (χ3n) is 8.71. The number of carbonyl (C=O) groups excluding carboxylic acids is 1. The van der Waals surface area contributed by atoms with Crippen molar-refractivity contribution in [3.63, 3.8) is 0 Å². The predicted octanol–water partition coefficient (Wildman–Crippen LogP) is 5.03. The summed E-state index contributed by atoms with van der Waals surface area (Å²) in [5, 5.41) is 0. The maximum absolute atomic E-state index is 11.9. The van der Waals surface area contributed by atoms with Crippen molar-refractivity contribution in [2.75, 3.05) is 0 Å². The fraction of sp³-hybridized carbons (Fsp3) is 0.857. The molecule has 6 atom stereocenters. The quantitative estimate of drug-likeness (QED) is 0.463. The van der Waals surface area contributed by atoms with Crippen molar-refractivity contribution in [1.29, 1.82) is 0 Å². The maximum Gasteiger partial charge on any atom is 0.306 e. The first-order valence-corrected chi connectivity index (χ1v) is 10.0. The lowest BCUT2D eigenvalue weighted by Crippen LogP contribution is -2.52. The zero-order chi connectivity index (χ0) is 15.7. The average molecular weight is 314 g/mol. The summed E-state index contributed by atoms with van der Waals surface area (Å²) in [6, 6.07) is 0. The second-order valence-corrected chi connectivity index (χ2v) is 9.25. The fourth-order valence-electron chi connectivity index (χ4n) is 7.60. The van der Waals surface area contributed by atoms with Gasteiger partial charge in [-0.05, 0) is 87.9 Å². The smallest absolute Gasteiger partial charge is 0.306 e. The molecule has 23 heavy (non-hydrogen) atoms. The van der Waals surface area contributed by atoms with Crippen LogP contribution in [0.3, 0.4) is 0 Å². The predicted molar refractivity (Wildman–Crippen MR) is 89.8 cm³/mol. The zero-order valence-corrected chi connectivity index (χ0v) is 14.5. The number of allylic oxidation sites excluding steroid dienone is 2. The highest BCUT2D eigenvalue weighted by molar-refractivity contribution is 5.72. The van der Waals surface area contributed by atoms with Gasteiger partial charge in [0.1, 0.15) is 5.60 Å². The molecule has 0 aromatic carbocycles. The minimum atomic E-state index is -0.0948. The van der Waals surface area contributed by atoms with Crippen molar-refractivity contribution in [3.8, 4) is 0 Å². The molecule has 0 aromatic heterocycles. The van der Waals surface area contributed by atoms with E-state index < -0.39 is 0 Å². The molecule has 1 saturated heterocycles. The molecule has 0 aromatic rings. The van der Waals surface area contributed by atoms with E-state index >= 15 is 0 Å². The van der Waals surface area contributed by atoms with Gasteiger partial charge in [0, 0.05) is 11.8 Å². The van der Waals surface area contributed by atoms with Crippen LogP contribution < -0.4 is 0 Å². The molecule has 0 radical (unpaired) electrons. The highest BCUT2D eigenvalue weighted by Gasteiger charge is 2.65. The van der Waals surface area contributed by atoms with Crippen LogP contribution in [0, 0.1) is 29.1 Å². The van der Waals surface area contributed by atoms with Crippen LogP contribution in [-0.2, 0) is 9.53 Å². The molecule has 5 rings (SSSR count). The van der Waals surface area contributed by atoms with E-state index in [4.69, 9.17) is 4.74 Å². The number of ether oxygens (including phenoxy) is 1. The summed E-state index contributed by atoms with van der Waals surface area (Å²) >= 11 is 0. The Labute approximate surface area is 140 Å². The van der Waals surface area contributed by atoms with Crippen LogP contribution in [0.4, 0.5) is 0 Å². The number of rotatable bonds is 0. The van der Waals surface area contributed by atoms with Crippen molar-refractivity contribution < 1.29 is 9.53 Å². The second kappa shape index (κ2) is 4.86. The Kier molecular flexibility index (Phi) is 3.07. The van der Waals surface area contributed by atoms with Crippen molar-refractivity contribution in [2.45, 2.75) is 83.2 Å². The lowest BCUT2D eigenvalue weighted by atomic mass is 9.50. The molecular weight excluding hydrogens is 284 g/mol. The second-order valence-electron chi connectivity index (χ2n) is 9.25. The van der Waals surface area contributed by atoms with Gasteiger partial charge in [0.05, 0.1) is 0 Å². The molecule has 6 unspecified atom stereocenters. The van der Waals surface area contributed by atoms with Gasteiger partial charge in [-0.2, -0.15) is 0 Å². The van der Waals surface area contributed by atoms with Crippen LogP contribution in [0.2, 0.25) is 0 Å². The molecule has 1 heterocycles. The van der Waals surface area contributed by atoms with Crippen LogP contribution in [0.25, 0.3) is 0 Å². The van der Waals surface area contributed by atoms with Gasteiger partial charge in [-0.15, -0.1) is 0 Å². The monoisotopic (exact) mass is 314 g/mol. The number of esters is 1. The van der Waals surface area contributed by atoms with E-state index in [0.717, 1.165) is 36.5 Å². The van der Waals surface area contributed by atoms with Crippen LogP contribution >= 0.6 is 0 Å². The minimum Gasteiger partial charge on any atom is -0.458 e. The highest BCUT2D eigenvalue weighted by atomic mass is 16.6. The molecule has 2 nitrogen and oxygen atoms in total.